The third kappa shape index (κ3) is 5.46. The molecule has 0 atom stereocenters. The highest BCUT2D eigenvalue weighted by Gasteiger charge is 2.18. The summed E-state index contributed by atoms with van der Waals surface area (Å²) in [5.74, 6) is 0.170. The second kappa shape index (κ2) is 10.8. The van der Waals surface area contributed by atoms with Gasteiger partial charge in [0.15, 0.2) is 18.2 Å². The Morgan fingerprint density at radius 2 is 1.86 bits per heavy atom. The zero-order valence-electron chi connectivity index (χ0n) is 19.6. The number of nitrogens with one attached hydrogen (secondary N) is 1. The van der Waals surface area contributed by atoms with Crippen molar-refractivity contribution in [3.63, 3.8) is 0 Å². The molecular formula is C24H27N7O4. The summed E-state index contributed by atoms with van der Waals surface area (Å²) in [6, 6.07) is 15.4. The van der Waals surface area contributed by atoms with Gasteiger partial charge in [-0.3, -0.25) is 20.2 Å². The monoisotopic (exact) mass is 477 g/mol. The maximum absolute atomic E-state index is 12.9. The van der Waals surface area contributed by atoms with Gasteiger partial charge in [-0.25, -0.2) is 9.67 Å². The Kier molecular flexibility index (Phi) is 7.36. The molecule has 2 heterocycles. The molecule has 0 spiro atoms. The lowest BCUT2D eigenvalue weighted by molar-refractivity contribution is -0.386. The van der Waals surface area contributed by atoms with E-state index >= 15 is 0 Å². The number of likely N-dealkylation sites (N-methyl/N-ethyl adjacent to an activating group) is 1. The summed E-state index contributed by atoms with van der Waals surface area (Å²) in [7, 11) is 0. The standard InChI is InChI=1S/C24H27N7O4/c1-3-28(4-2)15-16-30-20-10-6-5-9-18(20)25-24(30)26-23(32)19-13-14-29(27-19)17-35-22-12-8-7-11-21(22)31(33)34/h5-14H,3-4,15-17H2,1-2H3,(H,25,26,32). The Morgan fingerprint density at radius 1 is 1.11 bits per heavy atom. The van der Waals surface area contributed by atoms with Gasteiger partial charge in [0, 0.05) is 25.4 Å². The summed E-state index contributed by atoms with van der Waals surface area (Å²) >= 11 is 0. The highest BCUT2D eigenvalue weighted by Crippen LogP contribution is 2.26. The molecule has 35 heavy (non-hydrogen) atoms. The number of nitro groups is 1. The van der Waals surface area contributed by atoms with E-state index in [2.05, 4.69) is 34.1 Å². The number of fused-ring (bicyclic) bond motifs is 1. The number of imidazole rings is 1. The van der Waals surface area contributed by atoms with Crippen molar-refractivity contribution in [3.05, 3.63) is 76.6 Å². The van der Waals surface area contributed by atoms with Crippen LogP contribution in [0.15, 0.2) is 60.8 Å². The fourth-order valence-corrected chi connectivity index (χ4v) is 3.76. The quantitative estimate of drug-likeness (QED) is 0.258. The fraction of sp³-hybridized carbons (Fsp3) is 0.292. The summed E-state index contributed by atoms with van der Waals surface area (Å²) in [6.07, 6.45) is 1.58. The highest BCUT2D eigenvalue weighted by atomic mass is 16.6. The Hall–Kier alpha value is -4.25. The van der Waals surface area contributed by atoms with Crippen LogP contribution in [0.1, 0.15) is 24.3 Å². The smallest absolute Gasteiger partial charge is 0.311 e. The van der Waals surface area contributed by atoms with Gasteiger partial charge in [-0.15, -0.1) is 0 Å². The van der Waals surface area contributed by atoms with E-state index in [-0.39, 0.29) is 23.9 Å². The number of nitrogens with zero attached hydrogens (tertiary/aromatic N) is 6. The van der Waals surface area contributed by atoms with Crippen LogP contribution < -0.4 is 10.1 Å². The molecule has 0 aliphatic carbocycles. The third-order valence-corrected chi connectivity index (χ3v) is 5.70. The molecule has 4 rings (SSSR count). The van der Waals surface area contributed by atoms with E-state index in [4.69, 9.17) is 4.74 Å². The van der Waals surface area contributed by atoms with Gasteiger partial charge in [-0.1, -0.05) is 38.1 Å². The molecule has 4 aromatic rings. The molecule has 0 unspecified atom stereocenters. The van der Waals surface area contributed by atoms with E-state index in [1.54, 1.807) is 24.4 Å². The van der Waals surface area contributed by atoms with Crippen molar-refractivity contribution in [2.24, 2.45) is 0 Å². The molecule has 2 aromatic heterocycles. The maximum Gasteiger partial charge on any atom is 0.311 e. The number of aromatic nitrogens is 4. The van der Waals surface area contributed by atoms with E-state index in [0.29, 0.717) is 12.5 Å². The molecule has 0 saturated carbocycles. The van der Waals surface area contributed by atoms with Crippen molar-refractivity contribution in [2.75, 3.05) is 25.0 Å². The van der Waals surface area contributed by atoms with Crippen LogP contribution in [-0.2, 0) is 13.3 Å². The van der Waals surface area contributed by atoms with Gasteiger partial charge in [0.1, 0.15) is 0 Å². The van der Waals surface area contributed by atoms with Gasteiger partial charge in [0.25, 0.3) is 5.91 Å². The minimum Gasteiger partial charge on any atom is -0.464 e. The Morgan fingerprint density at radius 3 is 2.63 bits per heavy atom. The van der Waals surface area contributed by atoms with Crippen LogP contribution in [0.5, 0.6) is 5.75 Å². The van der Waals surface area contributed by atoms with E-state index in [1.807, 2.05) is 28.8 Å². The summed E-state index contributed by atoms with van der Waals surface area (Å²) < 4.78 is 8.93. The van der Waals surface area contributed by atoms with Crippen molar-refractivity contribution in [2.45, 2.75) is 27.1 Å². The lowest BCUT2D eigenvalue weighted by Gasteiger charge is -2.19. The van der Waals surface area contributed by atoms with Gasteiger partial charge in [-0.05, 0) is 37.4 Å². The predicted octanol–water partition coefficient (Wildman–Crippen LogP) is 3.77. The molecule has 0 bridgehead atoms. The number of hydrogen-bond acceptors (Lipinski definition) is 7. The number of benzene rings is 2. The average Bonchev–Trinajstić information content (AvgIpc) is 3.48. The van der Waals surface area contributed by atoms with Gasteiger partial charge in [0.2, 0.25) is 5.95 Å². The first-order valence-corrected chi connectivity index (χ1v) is 11.4. The molecule has 11 nitrogen and oxygen atoms in total. The number of anilines is 1. The normalized spacial score (nSPS) is 11.2. The molecule has 0 aliphatic rings. The minimum absolute atomic E-state index is 0.0828. The number of hydrogen-bond donors (Lipinski definition) is 1. The van der Waals surface area contributed by atoms with Crippen molar-refractivity contribution in [1.29, 1.82) is 0 Å². The Balaban J connectivity index is 1.47. The van der Waals surface area contributed by atoms with E-state index in [1.165, 1.54) is 16.8 Å². The molecule has 0 fully saturated rings. The average molecular weight is 478 g/mol. The number of nitro benzene ring substituents is 1. The molecule has 0 radical (unpaired) electrons. The van der Waals surface area contributed by atoms with Crippen molar-refractivity contribution < 1.29 is 14.5 Å². The zero-order chi connectivity index (χ0) is 24.8. The second-order valence-corrected chi connectivity index (χ2v) is 7.80. The van der Waals surface area contributed by atoms with Gasteiger partial charge >= 0.3 is 5.69 Å². The van der Waals surface area contributed by atoms with Crippen molar-refractivity contribution in [1.82, 2.24) is 24.2 Å². The molecule has 182 valence electrons. The number of carbonyl (C=O) groups is 1. The number of rotatable bonds is 11. The molecule has 2 aromatic carbocycles. The minimum atomic E-state index is -0.510. The number of carbonyl (C=O) groups excluding carboxylic acids is 1. The van der Waals surface area contributed by atoms with Crippen LogP contribution in [0.25, 0.3) is 11.0 Å². The van der Waals surface area contributed by atoms with Gasteiger partial charge in [0.05, 0.1) is 16.0 Å². The fourth-order valence-electron chi connectivity index (χ4n) is 3.76. The first kappa shape index (κ1) is 23.9. The summed E-state index contributed by atoms with van der Waals surface area (Å²) in [4.78, 5) is 30.5. The predicted molar refractivity (Wildman–Crippen MR) is 131 cm³/mol. The molecule has 0 aliphatic heterocycles. The van der Waals surface area contributed by atoms with E-state index in [9.17, 15) is 14.9 Å². The summed E-state index contributed by atoms with van der Waals surface area (Å²) in [5.41, 5.74) is 1.78. The molecule has 1 N–H and O–H groups in total. The molecule has 0 saturated heterocycles. The highest BCUT2D eigenvalue weighted by molar-refractivity contribution is 6.02. The summed E-state index contributed by atoms with van der Waals surface area (Å²) in [5, 5.41) is 18.3. The first-order chi connectivity index (χ1) is 17.0. The van der Waals surface area contributed by atoms with Crippen LogP contribution in [0, 0.1) is 10.1 Å². The van der Waals surface area contributed by atoms with E-state index < -0.39 is 10.8 Å². The topological polar surface area (TPSA) is 120 Å². The van der Waals surface area contributed by atoms with Crippen LogP contribution in [0.2, 0.25) is 0 Å². The third-order valence-electron chi connectivity index (χ3n) is 5.70. The van der Waals surface area contributed by atoms with Crippen LogP contribution in [0.3, 0.4) is 0 Å². The van der Waals surface area contributed by atoms with Crippen molar-refractivity contribution in [3.8, 4) is 5.75 Å². The van der Waals surface area contributed by atoms with Gasteiger partial charge < -0.3 is 14.2 Å². The lowest BCUT2D eigenvalue weighted by atomic mass is 10.3. The van der Waals surface area contributed by atoms with Gasteiger partial charge in [-0.2, -0.15) is 5.10 Å². The van der Waals surface area contributed by atoms with Crippen LogP contribution in [-0.4, -0.2) is 54.7 Å². The maximum atomic E-state index is 12.9. The first-order valence-electron chi connectivity index (χ1n) is 11.4. The number of amides is 1. The Bertz CT molecular complexity index is 1330. The largest absolute Gasteiger partial charge is 0.464 e. The van der Waals surface area contributed by atoms with Crippen LogP contribution >= 0.6 is 0 Å². The van der Waals surface area contributed by atoms with Crippen LogP contribution in [0.4, 0.5) is 11.6 Å². The molecular weight excluding hydrogens is 450 g/mol. The lowest BCUT2D eigenvalue weighted by Crippen LogP contribution is -2.27. The Labute approximate surface area is 202 Å². The zero-order valence-corrected chi connectivity index (χ0v) is 19.6. The SMILES string of the molecule is CCN(CC)CCn1c(NC(=O)c2ccn(COc3ccccc3[N+](=O)[O-])n2)nc2ccccc21. The summed E-state index contributed by atoms with van der Waals surface area (Å²) in [6.45, 7) is 7.54. The van der Waals surface area contributed by atoms with Crippen molar-refractivity contribution >= 4 is 28.6 Å². The second-order valence-electron chi connectivity index (χ2n) is 7.80. The molecule has 1 amide bonds. The van der Waals surface area contributed by atoms with E-state index in [0.717, 1.165) is 30.7 Å². The molecule has 11 heteroatoms. The number of ether oxygens (including phenoxy) is 1. The number of para-hydroxylation sites is 4.